The van der Waals surface area contributed by atoms with E-state index in [0.717, 1.165) is 31.5 Å². The van der Waals surface area contributed by atoms with E-state index in [2.05, 4.69) is 11.8 Å². The van der Waals surface area contributed by atoms with E-state index in [-0.39, 0.29) is 11.8 Å². The molecule has 144 valence electrons. The molecule has 4 nitrogen and oxygen atoms in total. The SMILES string of the molecule is CC1CCN(C2=C(c3ccccc3)C(=O)N(c3ccc(Cl)c(Cl)c3)C2=O)CC1. The van der Waals surface area contributed by atoms with Gasteiger partial charge in [0.05, 0.1) is 21.3 Å². The molecular formula is C22H20Cl2N2O2. The molecule has 2 amide bonds. The van der Waals surface area contributed by atoms with Gasteiger partial charge in [0.25, 0.3) is 11.8 Å². The second-order valence-electron chi connectivity index (χ2n) is 7.30. The van der Waals surface area contributed by atoms with E-state index in [4.69, 9.17) is 23.2 Å². The van der Waals surface area contributed by atoms with Crippen molar-refractivity contribution >= 4 is 46.3 Å². The minimum absolute atomic E-state index is 0.307. The number of imide groups is 1. The van der Waals surface area contributed by atoms with E-state index in [1.54, 1.807) is 18.2 Å². The fourth-order valence-electron chi connectivity index (χ4n) is 3.77. The lowest BCUT2D eigenvalue weighted by molar-refractivity contribution is -0.120. The van der Waals surface area contributed by atoms with E-state index in [1.165, 1.54) is 4.90 Å². The van der Waals surface area contributed by atoms with Crippen LogP contribution in [0.3, 0.4) is 0 Å². The summed E-state index contributed by atoms with van der Waals surface area (Å²) in [5.74, 6) is -0.0181. The molecule has 2 heterocycles. The summed E-state index contributed by atoms with van der Waals surface area (Å²) in [5, 5.41) is 0.687. The molecular weight excluding hydrogens is 395 g/mol. The first-order valence-electron chi connectivity index (χ1n) is 9.36. The molecule has 0 spiro atoms. The van der Waals surface area contributed by atoms with Crippen molar-refractivity contribution in [3.05, 3.63) is 69.8 Å². The summed E-state index contributed by atoms with van der Waals surface area (Å²) in [7, 11) is 0. The lowest BCUT2D eigenvalue weighted by Crippen LogP contribution is -2.38. The maximum Gasteiger partial charge on any atom is 0.282 e. The van der Waals surface area contributed by atoms with Crippen LogP contribution in [0.1, 0.15) is 25.3 Å². The third kappa shape index (κ3) is 3.31. The Hall–Kier alpha value is -2.30. The van der Waals surface area contributed by atoms with Crippen LogP contribution in [0.4, 0.5) is 5.69 Å². The van der Waals surface area contributed by atoms with Crippen LogP contribution in [0.2, 0.25) is 10.0 Å². The first-order valence-corrected chi connectivity index (χ1v) is 10.1. The lowest BCUT2D eigenvalue weighted by Gasteiger charge is -2.32. The van der Waals surface area contributed by atoms with Gasteiger partial charge in [-0.25, -0.2) is 4.90 Å². The number of rotatable bonds is 3. The van der Waals surface area contributed by atoms with Crippen LogP contribution in [-0.2, 0) is 9.59 Å². The van der Waals surface area contributed by atoms with Gasteiger partial charge in [0.15, 0.2) is 0 Å². The van der Waals surface area contributed by atoms with Crippen molar-refractivity contribution in [2.75, 3.05) is 18.0 Å². The number of likely N-dealkylation sites (tertiary alicyclic amines) is 1. The van der Waals surface area contributed by atoms with Gasteiger partial charge in [-0.3, -0.25) is 9.59 Å². The maximum absolute atomic E-state index is 13.4. The quantitative estimate of drug-likeness (QED) is 0.662. The van der Waals surface area contributed by atoms with Crippen LogP contribution in [0, 0.1) is 5.92 Å². The Morgan fingerprint density at radius 3 is 2.21 bits per heavy atom. The molecule has 28 heavy (non-hydrogen) atoms. The fourth-order valence-corrected chi connectivity index (χ4v) is 4.06. The highest BCUT2D eigenvalue weighted by atomic mass is 35.5. The molecule has 0 aromatic heterocycles. The molecule has 0 bridgehead atoms. The highest BCUT2D eigenvalue weighted by molar-refractivity contribution is 6.46. The number of piperidine rings is 1. The zero-order valence-corrected chi connectivity index (χ0v) is 17.0. The highest BCUT2D eigenvalue weighted by Gasteiger charge is 2.43. The van der Waals surface area contributed by atoms with Gasteiger partial charge in [0, 0.05) is 13.1 Å². The van der Waals surface area contributed by atoms with Gasteiger partial charge >= 0.3 is 0 Å². The molecule has 4 rings (SSSR count). The van der Waals surface area contributed by atoms with Crippen molar-refractivity contribution in [3.63, 3.8) is 0 Å². The Bertz CT molecular complexity index is 964. The Morgan fingerprint density at radius 1 is 0.893 bits per heavy atom. The second-order valence-corrected chi connectivity index (χ2v) is 8.12. The summed E-state index contributed by atoms with van der Waals surface area (Å²) in [6.45, 7) is 3.75. The third-order valence-corrected chi connectivity index (χ3v) is 6.12. The fraction of sp³-hybridized carbons (Fsp3) is 0.273. The maximum atomic E-state index is 13.4. The van der Waals surface area contributed by atoms with Gasteiger partial charge in [-0.15, -0.1) is 0 Å². The number of hydrogen-bond donors (Lipinski definition) is 0. The summed E-state index contributed by atoms with van der Waals surface area (Å²) >= 11 is 12.1. The largest absolute Gasteiger partial charge is 0.366 e. The van der Waals surface area contributed by atoms with Crippen LogP contribution in [-0.4, -0.2) is 29.8 Å². The smallest absolute Gasteiger partial charge is 0.282 e. The van der Waals surface area contributed by atoms with Crippen molar-refractivity contribution < 1.29 is 9.59 Å². The predicted octanol–water partition coefficient (Wildman–Crippen LogP) is 5.01. The van der Waals surface area contributed by atoms with Crippen molar-refractivity contribution in [2.45, 2.75) is 19.8 Å². The third-order valence-electron chi connectivity index (χ3n) is 5.38. The van der Waals surface area contributed by atoms with E-state index >= 15 is 0 Å². The minimum atomic E-state index is -0.330. The van der Waals surface area contributed by atoms with Gasteiger partial charge in [-0.1, -0.05) is 60.5 Å². The van der Waals surface area contributed by atoms with E-state index in [1.807, 2.05) is 30.3 Å². The zero-order chi connectivity index (χ0) is 19.8. The van der Waals surface area contributed by atoms with Crippen LogP contribution in [0.25, 0.3) is 5.57 Å². The van der Waals surface area contributed by atoms with Crippen molar-refractivity contribution in [1.82, 2.24) is 4.90 Å². The van der Waals surface area contributed by atoms with E-state index in [0.29, 0.717) is 32.9 Å². The second kappa shape index (κ2) is 7.61. The molecule has 2 aromatic carbocycles. The molecule has 1 saturated heterocycles. The standard InChI is InChI=1S/C22H20Cl2N2O2/c1-14-9-11-25(12-10-14)20-19(15-5-3-2-4-6-15)21(27)26(22(20)28)16-7-8-17(23)18(24)13-16/h2-8,13-14H,9-12H2,1H3. The number of carbonyl (C=O) groups excluding carboxylic acids is 2. The van der Waals surface area contributed by atoms with Gasteiger partial charge < -0.3 is 4.90 Å². The van der Waals surface area contributed by atoms with Crippen LogP contribution in [0.5, 0.6) is 0 Å². The summed E-state index contributed by atoms with van der Waals surface area (Å²) < 4.78 is 0. The molecule has 2 aromatic rings. The van der Waals surface area contributed by atoms with Crippen LogP contribution >= 0.6 is 23.2 Å². The highest BCUT2D eigenvalue weighted by Crippen LogP contribution is 2.37. The molecule has 6 heteroatoms. The number of halogens is 2. The van der Waals surface area contributed by atoms with E-state index in [9.17, 15) is 9.59 Å². The van der Waals surface area contributed by atoms with Crippen molar-refractivity contribution in [1.29, 1.82) is 0 Å². The summed E-state index contributed by atoms with van der Waals surface area (Å²) in [5.41, 5.74) is 2.11. The molecule has 0 radical (unpaired) electrons. The molecule has 0 atom stereocenters. The number of nitrogens with zero attached hydrogens (tertiary/aromatic N) is 2. The summed E-state index contributed by atoms with van der Waals surface area (Å²) in [4.78, 5) is 30.0. The van der Waals surface area contributed by atoms with Gasteiger partial charge in [-0.2, -0.15) is 0 Å². The predicted molar refractivity (Wildman–Crippen MR) is 112 cm³/mol. The number of carbonyl (C=O) groups is 2. The zero-order valence-electron chi connectivity index (χ0n) is 15.5. The normalized spacial score (nSPS) is 18.4. The molecule has 1 fully saturated rings. The molecule has 0 N–H and O–H groups in total. The monoisotopic (exact) mass is 414 g/mol. The topological polar surface area (TPSA) is 40.6 Å². The first kappa shape index (κ1) is 19.0. The first-order chi connectivity index (χ1) is 13.5. The Balaban J connectivity index is 1.80. The minimum Gasteiger partial charge on any atom is -0.366 e. The number of amides is 2. The summed E-state index contributed by atoms with van der Waals surface area (Å²) in [6, 6.07) is 14.2. The summed E-state index contributed by atoms with van der Waals surface area (Å²) in [6.07, 6.45) is 2.00. The number of hydrogen-bond acceptors (Lipinski definition) is 3. The Labute approximate surface area is 174 Å². The van der Waals surface area contributed by atoms with Gasteiger partial charge in [0.2, 0.25) is 0 Å². The average Bonchev–Trinajstić information content (AvgIpc) is 2.96. The van der Waals surface area contributed by atoms with E-state index < -0.39 is 0 Å². The Morgan fingerprint density at radius 2 is 1.57 bits per heavy atom. The Kier molecular flexibility index (Phi) is 5.17. The van der Waals surface area contributed by atoms with Crippen molar-refractivity contribution in [3.8, 4) is 0 Å². The molecule has 2 aliphatic rings. The average molecular weight is 415 g/mol. The van der Waals surface area contributed by atoms with Crippen LogP contribution < -0.4 is 4.90 Å². The molecule has 0 unspecified atom stereocenters. The lowest BCUT2D eigenvalue weighted by atomic mass is 9.97. The molecule has 0 saturated carbocycles. The number of anilines is 1. The van der Waals surface area contributed by atoms with Crippen LogP contribution in [0.15, 0.2) is 54.2 Å². The molecule has 0 aliphatic carbocycles. The van der Waals surface area contributed by atoms with Crippen molar-refractivity contribution in [2.24, 2.45) is 5.92 Å². The number of benzene rings is 2. The van der Waals surface area contributed by atoms with Gasteiger partial charge in [-0.05, 0) is 42.5 Å². The van der Waals surface area contributed by atoms with Gasteiger partial charge in [0.1, 0.15) is 5.70 Å². The molecule has 2 aliphatic heterocycles.